The van der Waals surface area contributed by atoms with E-state index in [1.807, 2.05) is 6.07 Å². The van der Waals surface area contributed by atoms with Crippen LogP contribution < -0.4 is 16.0 Å². The molecule has 1 aromatic rings. The third-order valence-electron chi connectivity index (χ3n) is 4.96. The predicted octanol–water partition coefficient (Wildman–Crippen LogP) is 2.90. The minimum absolute atomic E-state index is 0.0757. The van der Waals surface area contributed by atoms with E-state index in [-0.39, 0.29) is 11.8 Å². The summed E-state index contributed by atoms with van der Waals surface area (Å²) in [6.07, 6.45) is 7.71. The topological polar surface area (TPSA) is 75.4 Å². The van der Waals surface area contributed by atoms with Crippen LogP contribution in [0.1, 0.15) is 55.3 Å². The maximum atomic E-state index is 12.6. The Kier molecular flexibility index (Phi) is 4.84. The number of hydrogen-bond acceptors (Lipinski definition) is 3. The predicted molar refractivity (Wildman–Crippen MR) is 91.6 cm³/mol. The van der Waals surface area contributed by atoms with Crippen molar-refractivity contribution >= 4 is 23.2 Å². The van der Waals surface area contributed by atoms with E-state index < -0.39 is 5.91 Å². The second-order valence-electron chi connectivity index (χ2n) is 6.61. The monoisotopic (exact) mass is 315 g/mol. The maximum absolute atomic E-state index is 12.6. The summed E-state index contributed by atoms with van der Waals surface area (Å²) < 4.78 is 0. The quantitative estimate of drug-likeness (QED) is 0.897. The summed E-state index contributed by atoms with van der Waals surface area (Å²) in [5, 5.41) is 3.06. The van der Waals surface area contributed by atoms with E-state index in [0.29, 0.717) is 5.56 Å². The van der Waals surface area contributed by atoms with Crippen molar-refractivity contribution in [2.45, 2.75) is 44.9 Å². The first-order chi connectivity index (χ1) is 11.1. The zero-order valence-electron chi connectivity index (χ0n) is 13.5. The lowest BCUT2D eigenvalue weighted by atomic mass is 9.88. The largest absolute Gasteiger partial charge is 0.370 e. The molecule has 0 bridgehead atoms. The number of anilines is 2. The molecule has 5 heteroatoms. The molecule has 1 aromatic carbocycles. The Bertz CT molecular complexity index is 588. The fourth-order valence-corrected chi connectivity index (χ4v) is 3.62. The van der Waals surface area contributed by atoms with Crippen molar-refractivity contribution in [1.82, 2.24) is 0 Å². The van der Waals surface area contributed by atoms with Crippen LogP contribution in [0.4, 0.5) is 11.4 Å². The molecule has 2 amide bonds. The molecular weight excluding hydrogens is 290 g/mol. The van der Waals surface area contributed by atoms with E-state index in [2.05, 4.69) is 10.2 Å². The number of hydrogen-bond donors (Lipinski definition) is 2. The van der Waals surface area contributed by atoms with Crippen molar-refractivity contribution < 1.29 is 9.59 Å². The number of nitrogens with two attached hydrogens (primary N) is 1. The van der Waals surface area contributed by atoms with Gasteiger partial charge in [-0.15, -0.1) is 0 Å². The zero-order chi connectivity index (χ0) is 16.2. The van der Waals surface area contributed by atoms with Gasteiger partial charge in [-0.1, -0.05) is 19.3 Å². The van der Waals surface area contributed by atoms with Crippen LogP contribution in [0.15, 0.2) is 18.2 Å². The molecule has 2 fully saturated rings. The summed E-state index contributed by atoms with van der Waals surface area (Å²) in [5.74, 6) is -0.301. The lowest BCUT2D eigenvalue weighted by Crippen LogP contribution is -2.27. The third kappa shape index (κ3) is 3.66. The molecule has 1 heterocycles. The molecule has 0 aromatic heterocycles. The highest BCUT2D eigenvalue weighted by Crippen LogP contribution is 2.32. The fraction of sp³-hybridized carbons (Fsp3) is 0.556. The Morgan fingerprint density at radius 3 is 2.39 bits per heavy atom. The lowest BCUT2D eigenvalue weighted by molar-refractivity contribution is -0.120. The van der Waals surface area contributed by atoms with E-state index in [1.54, 1.807) is 12.1 Å². The van der Waals surface area contributed by atoms with Crippen LogP contribution in [0.3, 0.4) is 0 Å². The van der Waals surface area contributed by atoms with Gasteiger partial charge in [0.15, 0.2) is 0 Å². The lowest BCUT2D eigenvalue weighted by Gasteiger charge is -2.25. The van der Waals surface area contributed by atoms with Gasteiger partial charge in [0.05, 0.1) is 11.4 Å². The minimum atomic E-state index is -0.467. The summed E-state index contributed by atoms with van der Waals surface area (Å²) in [6.45, 7) is 1.98. The van der Waals surface area contributed by atoms with Gasteiger partial charge >= 0.3 is 0 Å². The molecule has 1 saturated heterocycles. The fourth-order valence-electron chi connectivity index (χ4n) is 3.62. The standard InChI is InChI=1S/C18H25N3O2/c19-17(22)14-8-9-16(21-10-4-5-11-21)15(12-14)20-18(23)13-6-2-1-3-7-13/h8-9,12-13H,1-7,10-11H2,(H2,19,22)(H,20,23). The first-order valence-corrected chi connectivity index (χ1v) is 8.65. The third-order valence-corrected chi connectivity index (χ3v) is 4.96. The molecule has 23 heavy (non-hydrogen) atoms. The van der Waals surface area contributed by atoms with Crippen molar-refractivity contribution in [3.63, 3.8) is 0 Å². The van der Waals surface area contributed by atoms with Gasteiger partial charge in [-0.2, -0.15) is 0 Å². The Morgan fingerprint density at radius 1 is 1.04 bits per heavy atom. The number of nitrogens with one attached hydrogen (secondary N) is 1. The highest BCUT2D eigenvalue weighted by atomic mass is 16.2. The van der Waals surface area contributed by atoms with E-state index in [0.717, 1.165) is 63.0 Å². The zero-order valence-corrected chi connectivity index (χ0v) is 13.5. The van der Waals surface area contributed by atoms with Crippen LogP contribution >= 0.6 is 0 Å². The molecule has 1 saturated carbocycles. The van der Waals surface area contributed by atoms with Gasteiger partial charge in [-0.3, -0.25) is 9.59 Å². The smallest absolute Gasteiger partial charge is 0.248 e. The van der Waals surface area contributed by atoms with Gasteiger partial charge in [-0.25, -0.2) is 0 Å². The number of benzene rings is 1. The molecule has 0 unspecified atom stereocenters. The average Bonchev–Trinajstić information content (AvgIpc) is 3.09. The highest BCUT2D eigenvalue weighted by Gasteiger charge is 2.23. The summed E-state index contributed by atoms with van der Waals surface area (Å²) in [4.78, 5) is 26.3. The molecule has 2 aliphatic rings. The number of primary amides is 1. The van der Waals surface area contributed by atoms with Crippen LogP contribution in [-0.4, -0.2) is 24.9 Å². The minimum Gasteiger partial charge on any atom is -0.370 e. The SMILES string of the molecule is NC(=O)c1ccc(N2CCCC2)c(NC(=O)C2CCCCC2)c1. The number of carbonyl (C=O) groups is 2. The molecule has 3 rings (SSSR count). The molecule has 0 radical (unpaired) electrons. The first-order valence-electron chi connectivity index (χ1n) is 8.65. The van der Waals surface area contributed by atoms with E-state index >= 15 is 0 Å². The number of rotatable bonds is 4. The summed E-state index contributed by atoms with van der Waals surface area (Å²) in [7, 11) is 0. The molecular formula is C18H25N3O2. The van der Waals surface area contributed by atoms with E-state index in [4.69, 9.17) is 5.73 Å². The normalized spacial score (nSPS) is 18.9. The van der Waals surface area contributed by atoms with Crippen molar-refractivity contribution in [3.05, 3.63) is 23.8 Å². The van der Waals surface area contributed by atoms with Gasteiger partial charge in [-0.05, 0) is 43.9 Å². The van der Waals surface area contributed by atoms with Crippen molar-refractivity contribution in [1.29, 1.82) is 0 Å². The average molecular weight is 315 g/mol. The van der Waals surface area contributed by atoms with Crippen LogP contribution in [-0.2, 0) is 4.79 Å². The number of carbonyl (C=O) groups excluding carboxylic acids is 2. The van der Waals surface area contributed by atoms with Crippen molar-refractivity contribution in [2.75, 3.05) is 23.3 Å². The molecule has 5 nitrogen and oxygen atoms in total. The Morgan fingerprint density at radius 2 is 1.74 bits per heavy atom. The Hall–Kier alpha value is -2.04. The second kappa shape index (κ2) is 7.02. The van der Waals surface area contributed by atoms with Crippen molar-refractivity contribution in [2.24, 2.45) is 11.7 Å². The van der Waals surface area contributed by atoms with Gasteiger partial charge in [0.25, 0.3) is 0 Å². The van der Waals surface area contributed by atoms with Gasteiger partial charge in [0.1, 0.15) is 0 Å². The van der Waals surface area contributed by atoms with E-state index in [9.17, 15) is 9.59 Å². The first kappa shape index (κ1) is 15.8. The number of nitrogens with zero attached hydrogens (tertiary/aromatic N) is 1. The number of amides is 2. The second-order valence-corrected chi connectivity index (χ2v) is 6.61. The van der Waals surface area contributed by atoms with Crippen LogP contribution in [0, 0.1) is 5.92 Å². The summed E-state index contributed by atoms with van der Waals surface area (Å²) >= 11 is 0. The van der Waals surface area contributed by atoms with Crippen LogP contribution in [0.5, 0.6) is 0 Å². The maximum Gasteiger partial charge on any atom is 0.248 e. The van der Waals surface area contributed by atoms with E-state index in [1.165, 1.54) is 6.42 Å². The molecule has 124 valence electrons. The highest BCUT2D eigenvalue weighted by molar-refractivity contribution is 6.00. The van der Waals surface area contributed by atoms with Gasteiger partial charge in [0.2, 0.25) is 11.8 Å². The molecule has 0 spiro atoms. The Balaban J connectivity index is 1.83. The van der Waals surface area contributed by atoms with Crippen LogP contribution in [0.25, 0.3) is 0 Å². The van der Waals surface area contributed by atoms with Crippen molar-refractivity contribution in [3.8, 4) is 0 Å². The van der Waals surface area contributed by atoms with Gasteiger partial charge < -0.3 is 16.0 Å². The molecule has 1 aliphatic heterocycles. The summed E-state index contributed by atoms with van der Waals surface area (Å²) in [6, 6.07) is 5.37. The molecule has 1 aliphatic carbocycles. The molecule has 3 N–H and O–H groups in total. The molecule has 0 atom stereocenters. The summed E-state index contributed by atoms with van der Waals surface area (Å²) in [5.41, 5.74) is 7.55. The Labute approximate surface area is 137 Å². The van der Waals surface area contributed by atoms with Crippen LogP contribution in [0.2, 0.25) is 0 Å². The van der Waals surface area contributed by atoms with Gasteiger partial charge in [0, 0.05) is 24.6 Å².